The molecule has 0 aromatic carbocycles. The van der Waals surface area contributed by atoms with Crippen molar-refractivity contribution in [3.63, 3.8) is 0 Å². The Hall–Kier alpha value is -2.05. The molecule has 1 heterocycles. The van der Waals surface area contributed by atoms with Crippen molar-refractivity contribution in [2.24, 2.45) is 0 Å². The van der Waals surface area contributed by atoms with Crippen LogP contribution < -0.4 is 16.0 Å². The molecule has 138 valence electrons. The van der Waals surface area contributed by atoms with E-state index in [9.17, 15) is 9.59 Å². The Morgan fingerprint density at radius 1 is 0.960 bits per heavy atom. The maximum Gasteiger partial charge on any atom is 0.319 e. The number of hydrogen-bond acceptors (Lipinski definition) is 3. The van der Waals surface area contributed by atoms with Crippen molar-refractivity contribution in [1.29, 1.82) is 0 Å². The number of aromatic nitrogens is 2. The van der Waals surface area contributed by atoms with E-state index in [1.807, 2.05) is 0 Å². The standard InChI is InChI=1S/C18H29N5O2/c24-17(20-14-9-5-6-10-14)13-23-12-16(11-19-23)22-18(25)21-15-7-3-1-2-4-8-15/h11-12,14-15H,1-10,13H2,(H,20,24)(H2,21,22,25). The van der Waals surface area contributed by atoms with Gasteiger partial charge in [0.25, 0.3) is 0 Å². The molecule has 2 aliphatic rings. The summed E-state index contributed by atoms with van der Waals surface area (Å²) in [5.41, 5.74) is 0.611. The van der Waals surface area contributed by atoms with Gasteiger partial charge in [-0.2, -0.15) is 5.10 Å². The van der Waals surface area contributed by atoms with Gasteiger partial charge in [-0.25, -0.2) is 4.79 Å². The molecule has 1 aromatic rings. The molecule has 3 N–H and O–H groups in total. The van der Waals surface area contributed by atoms with Crippen molar-refractivity contribution in [1.82, 2.24) is 20.4 Å². The van der Waals surface area contributed by atoms with Crippen LogP contribution in [-0.2, 0) is 11.3 Å². The molecule has 2 aliphatic carbocycles. The lowest BCUT2D eigenvalue weighted by atomic mass is 10.1. The van der Waals surface area contributed by atoms with E-state index in [2.05, 4.69) is 21.0 Å². The lowest BCUT2D eigenvalue weighted by Gasteiger charge is -2.16. The maximum absolute atomic E-state index is 12.1. The molecule has 3 rings (SSSR count). The Morgan fingerprint density at radius 3 is 2.24 bits per heavy atom. The van der Waals surface area contributed by atoms with E-state index in [0.717, 1.165) is 25.7 Å². The number of nitrogens with zero attached hydrogens (tertiary/aromatic N) is 2. The predicted molar refractivity (Wildman–Crippen MR) is 96.3 cm³/mol. The Balaban J connectivity index is 1.42. The number of amides is 3. The molecule has 0 unspecified atom stereocenters. The van der Waals surface area contributed by atoms with Crippen molar-refractivity contribution in [2.75, 3.05) is 5.32 Å². The van der Waals surface area contributed by atoms with Crippen molar-refractivity contribution in [2.45, 2.75) is 82.8 Å². The van der Waals surface area contributed by atoms with Crippen LogP contribution in [0.3, 0.4) is 0 Å². The highest BCUT2D eigenvalue weighted by molar-refractivity contribution is 5.89. The first kappa shape index (κ1) is 17.8. The van der Waals surface area contributed by atoms with Gasteiger partial charge in [0.2, 0.25) is 5.91 Å². The van der Waals surface area contributed by atoms with Crippen molar-refractivity contribution >= 4 is 17.6 Å². The number of anilines is 1. The summed E-state index contributed by atoms with van der Waals surface area (Å²) in [6, 6.07) is 0.377. The Bertz CT molecular complexity index is 572. The fourth-order valence-electron chi connectivity index (χ4n) is 3.78. The summed E-state index contributed by atoms with van der Waals surface area (Å²) in [5.74, 6) is -0.0237. The zero-order chi connectivity index (χ0) is 17.5. The van der Waals surface area contributed by atoms with Crippen LogP contribution in [0.5, 0.6) is 0 Å². The van der Waals surface area contributed by atoms with E-state index in [-0.39, 0.29) is 24.5 Å². The third-order valence-corrected chi connectivity index (χ3v) is 5.11. The minimum absolute atomic E-state index is 0.0237. The Labute approximate surface area is 148 Å². The molecule has 3 amide bonds. The van der Waals surface area contributed by atoms with E-state index in [1.165, 1.54) is 38.5 Å². The highest BCUT2D eigenvalue weighted by Crippen LogP contribution is 2.18. The van der Waals surface area contributed by atoms with Crippen LogP contribution in [0.4, 0.5) is 10.5 Å². The van der Waals surface area contributed by atoms with E-state index in [0.29, 0.717) is 11.7 Å². The van der Waals surface area contributed by atoms with Gasteiger partial charge in [0.05, 0.1) is 11.9 Å². The molecule has 0 atom stereocenters. The topological polar surface area (TPSA) is 88.1 Å². The number of hydrogen-bond donors (Lipinski definition) is 3. The smallest absolute Gasteiger partial charge is 0.319 e. The normalized spacial score (nSPS) is 19.4. The van der Waals surface area contributed by atoms with Crippen LogP contribution in [0.1, 0.15) is 64.2 Å². The molecule has 0 spiro atoms. The molecular formula is C18H29N5O2. The highest BCUT2D eigenvalue weighted by atomic mass is 16.2. The lowest BCUT2D eigenvalue weighted by molar-refractivity contribution is -0.122. The van der Waals surface area contributed by atoms with E-state index >= 15 is 0 Å². The van der Waals surface area contributed by atoms with E-state index in [1.54, 1.807) is 17.1 Å². The molecule has 2 fully saturated rings. The quantitative estimate of drug-likeness (QED) is 0.716. The molecular weight excluding hydrogens is 318 g/mol. The van der Waals surface area contributed by atoms with Crippen molar-refractivity contribution < 1.29 is 9.59 Å². The van der Waals surface area contributed by atoms with Gasteiger partial charge in [-0.05, 0) is 25.7 Å². The molecule has 1 aromatic heterocycles. The first-order chi connectivity index (χ1) is 12.2. The summed E-state index contributed by atoms with van der Waals surface area (Å²) in [7, 11) is 0. The van der Waals surface area contributed by atoms with Gasteiger partial charge < -0.3 is 16.0 Å². The molecule has 7 nitrogen and oxygen atoms in total. The monoisotopic (exact) mass is 347 g/mol. The van der Waals surface area contributed by atoms with Crippen molar-refractivity contribution in [3.8, 4) is 0 Å². The summed E-state index contributed by atoms with van der Waals surface area (Å²) in [6.07, 6.45) is 14.8. The second-order valence-electron chi connectivity index (χ2n) is 7.26. The van der Waals surface area contributed by atoms with Crippen LogP contribution in [0.2, 0.25) is 0 Å². The molecule has 0 aliphatic heterocycles. The first-order valence-corrected chi connectivity index (χ1v) is 9.58. The third-order valence-electron chi connectivity index (χ3n) is 5.11. The van der Waals surface area contributed by atoms with Gasteiger partial charge in [0, 0.05) is 18.3 Å². The number of nitrogens with one attached hydrogen (secondary N) is 3. The zero-order valence-electron chi connectivity index (χ0n) is 14.8. The van der Waals surface area contributed by atoms with E-state index in [4.69, 9.17) is 0 Å². The molecule has 25 heavy (non-hydrogen) atoms. The molecule has 0 saturated heterocycles. The van der Waals surface area contributed by atoms with Gasteiger partial charge in [0.1, 0.15) is 6.54 Å². The van der Waals surface area contributed by atoms with Crippen LogP contribution in [0.15, 0.2) is 12.4 Å². The van der Waals surface area contributed by atoms with Gasteiger partial charge in [0.15, 0.2) is 0 Å². The number of carbonyl (C=O) groups is 2. The fourth-order valence-corrected chi connectivity index (χ4v) is 3.78. The van der Waals surface area contributed by atoms with Crippen LogP contribution in [0, 0.1) is 0 Å². The molecule has 0 radical (unpaired) electrons. The Kier molecular flexibility index (Phi) is 6.30. The minimum Gasteiger partial charge on any atom is -0.352 e. The van der Waals surface area contributed by atoms with E-state index < -0.39 is 0 Å². The first-order valence-electron chi connectivity index (χ1n) is 9.58. The number of rotatable bonds is 5. The molecule has 7 heteroatoms. The number of urea groups is 1. The predicted octanol–water partition coefficient (Wildman–Crippen LogP) is 2.79. The molecule has 0 bridgehead atoms. The summed E-state index contributed by atoms with van der Waals surface area (Å²) >= 11 is 0. The second-order valence-corrected chi connectivity index (χ2v) is 7.26. The fraction of sp³-hybridized carbons (Fsp3) is 0.722. The zero-order valence-corrected chi connectivity index (χ0v) is 14.8. The minimum atomic E-state index is -0.193. The Morgan fingerprint density at radius 2 is 1.56 bits per heavy atom. The van der Waals surface area contributed by atoms with Gasteiger partial charge in [-0.1, -0.05) is 38.5 Å². The highest BCUT2D eigenvalue weighted by Gasteiger charge is 2.18. The third kappa shape index (κ3) is 5.76. The largest absolute Gasteiger partial charge is 0.352 e. The van der Waals surface area contributed by atoms with Gasteiger partial charge in [-0.15, -0.1) is 0 Å². The average Bonchev–Trinajstić information content (AvgIpc) is 3.15. The van der Waals surface area contributed by atoms with Crippen LogP contribution >= 0.6 is 0 Å². The summed E-state index contributed by atoms with van der Waals surface area (Å²) in [6.45, 7) is 0.183. The maximum atomic E-state index is 12.1. The molecule has 2 saturated carbocycles. The average molecular weight is 347 g/mol. The summed E-state index contributed by atoms with van der Waals surface area (Å²) < 4.78 is 1.56. The summed E-state index contributed by atoms with van der Waals surface area (Å²) in [5, 5.41) is 13.0. The lowest BCUT2D eigenvalue weighted by Crippen LogP contribution is -2.37. The van der Waals surface area contributed by atoms with Crippen molar-refractivity contribution in [3.05, 3.63) is 12.4 Å². The van der Waals surface area contributed by atoms with Gasteiger partial charge in [-0.3, -0.25) is 9.48 Å². The second kappa shape index (κ2) is 8.87. The SMILES string of the molecule is O=C(Cn1cc(NC(=O)NC2CCCCCC2)cn1)NC1CCCC1. The van der Waals surface area contributed by atoms with Crippen LogP contribution in [-0.4, -0.2) is 33.8 Å². The number of carbonyl (C=O) groups excluding carboxylic acids is 2. The van der Waals surface area contributed by atoms with Gasteiger partial charge >= 0.3 is 6.03 Å². The van der Waals surface area contributed by atoms with Crippen LogP contribution in [0.25, 0.3) is 0 Å². The summed E-state index contributed by atoms with van der Waals surface area (Å²) in [4.78, 5) is 24.1.